The van der Waals surface area contributed by atoms with Gasteiger partial charge >= 0.3 is 12.2 Å². The fourth-order valence-corrected chi connectivity index (χ4v) is 10.1. The molecule has 4 atom stereocenters. The first kappa shape index (κ1) is 43.9. The lowest BCUT2D eigenvalue weighted by Crippen LogP contribution is -2.55. The Bertz CT molecular complexity index is 2620. The molecule has 3 aliphatic heterocycles. The first-order chi connectivity index (χ1) is 31.4. The van der Waals surface area contributed by atoms with Crippen LogP contribution in [0.4, 0.5) is 18.4 Å². The summed E-state index contributed by atoms with van der Waals surface area (Å²) in [6, 6.07) is 13.5. The molecule has 5 heterocycles. The van der Waals surface area contributed by atoms with E-state index in [-0.39, 0.29) is 46.9 Å². The average Bonchev–Trinajstić information content (AvgIpc) is 4.15. The summed E-state index contributed by atoms with van der Waals surface area (Å²) in [7, 11) is 2.53. The monoisotopic (exact) mass is 892 g/mol. The second kappa shape index (κ2) is 17.9. The van der Waals surface area contributed by atoms with Gasteiger partial charge in [-0.3, -0.25) is 9.59 Å². The number of nitrogens with one attached hydrogen (secondary N) is 4. The van der Waals surface area contributed by atoms with E-state index in [4.69, 9.17) is 19.2 Å². The van der Waals surface area contributed by atoms with E-state index in [9.17, 15) is 19.2 Å². The van der Waals surface area contributed by atoms with E-state index in [1.165, 1.54) is 20.3 Å². The zero-order valence-corrected chi connectivity index (χ0v) is 36.9. The normalized spacial score (nSPS) is 20.3. The van der Waals surface area contributed by atoms with E-state index < -0.39 is 30.2 Å². The third-order valence-corrected chi connectivity index (χ3v) is 13.6. The van der Waals surface area contributed by atoms with Gasteiger partial charge < -0.3 is 44.6 Å². The van der Waals surface area contributed by atoms with Gasteiger partial charge in [-0.1, -0.05) is 44.2 Å². The fraction of sp³-hybridized carbons (Fsp3) is 0.458. The molecule has 3 saturated heterocycles. The lowest BCUT2D eigenvalue weighted by Gasteiger charge is -2.39. The van der Waals surface area contributed by atoms with Crippen LogP contribution in [0.3, 0.4) is 0 Å². The topological polar surface area (TPSA) is 184 Å². The van der Waals surface area contributed by atoms with Gasteiger partial charge in [-0.15, -0.1) is 0 Å². The highest BCUT2D eigenvalue weighted by Crippen LogP contribution is 2.53. The maximum atomic E-state index is 16.6. The van der Waals surface area contributed by atoms with E-state index in [1.807, 2.05) is 44.2 Å². The number of likely N-dealkylation sites (tertiary alicyclic amines) is 2. The lowest BCUT2D eigenvalue weighted by atomic mass is 9.89. The molecule has 15 nitrogen and oxygen atoms in total. The van der Waals surface area contributed by atoms with Gasteiger partial charge in [0, 0.05) is 43.0 Å². The van der Waals surface area contributed by atoms with Crippen molar-refractivity contribution in [3.63, 3.8) is 0 Å². The molecule has 1 aliphatic carbocycles. The van der Waals surface area contributed by atoms with Crippen LogP contribution in [0.5, 0.6) is 0 Å². The molecule has 4 aliphatic rings. The number of ether oxygens (including phenoxy) is 3. The van der Waals surface area contributed by atoms with E-state index in [0.717, 1.165) is 24.8 Å². The minimum absolute atomic E-state index is 0.0887. The van der Waals surface area contributed by atoms with Gasteiger partial charge in [0.05, 0.1) is 49.2 Å². The summed E-state index contributed by atoms with van der Waals surface area (Å²) in [6.07, 6.45) is 5.35. The predicted molar refractivity (Wildman–Crippen MR) is 237 cm³/mol. The smallest absolute Gasteiger partial charge is 0.407 e. The Balaban J connectivity index is 0.937. The average molecular weight is 893 g/mol. The summed E-state index contributed by atoms with van der Waals surface area (Å²) in [5.41, 5.74) is 4.54. The quantitative estimate of drug-likeness (QED) is 0.108. The number of alkyl carbamates (subject to hydrolysis) is 2. The number of H-pyrrole nitrogens is 2. The number of carbonyl (C=O) groups is 4. The van der Waals surface area contributed by atoms with Crippen LogP contribution in [-0.4, -0.2) is 106 Å². The zero-order valence-electron chi connectivity index (χ0n) is 36.9. The van der Waals surface area contributed by atoms with Gasteiger partial charge in [0.2, 0.25) is 11.8 Å². The van der Waals surface area contributed by atoms with Crippen molar-refractivity contribution in [2.24, 2.45) is 11.8 Å². The third kappa shape index (κ3) is 8.30. The number of alkyl halides is 2. The van der Waals surface area contributed by atoms with Gasteiger partial charge in [-0.05, 0) is 103 Å². The SMILES string of the molecule is COC(=O)N[C@H](C(=O)N1CCC[C@H]1c1nc2ccc(-c3ccc4c(c3)C(F)(F)c3cc(-c5cnc(C6CCCCN6C(=O)[C@@H](NC(=O)OC)C6CCOCC6)[nH]5)ccc3-4)cc2[nH]1)C(C)C. The van der Waals surface area contributed by atoms with Crippen molar-refractivity contribution in [3.05, 3.63) is 83.6 Å². The standard InChI is InChI=1S/C48H54F2N8O7/c1-26(2)40(55-46(61)63-3)44(59)58-19-7-9-39(58)43-52-35-15-12-29(24-36(35)53-43)28-10-13-31-32-14-11-30(23-34(32)48(49,50)33(31)22-28)37-25-51-42(54-37)38-8-5-6-18-57(38)45(60)41(56-47(62)64-4)27-16-20-65-21-17-27/h10-15,22-27,38-41H,5-9,16-21H2,1-4H3,(H,51,54)(H,52,53)(H,55,61)(H,56,62)/t38?,39-,40-,41-/m0/s1. The summed E-state index contributed by atoms with van der Waals surface area (Å²) in [5.74, 6) is -2.80. The molecule has 4 amide bonds. The number of aromatic amines is 2. The first-order valence-corrected chi connectivity index (χ1v) is 22.5. The number of hydrogen-bond acceptors (Lipinski definition) is 9. The van der Waals surface area contributed by atoms with E-state index in [1.54, 1.807) is 34.2 Å². The molecule has 0 radical (unpaired) electrons. The number of fused-ring (bicyclic) bond motifs is 4. The molecule has 0 spiro atoms. The first-order valence-electron chi connectivity index (χ1n) is 22.5. The molecule has 1 unspecified atom stereocenters. The van der Waals surface area contributed by atoms with Crippen LogP contribution in [0.2, 0.25) is 0 Å². The van der Waals surface area contributed by atoms with Crippen molar-refractivity contribution in [2.45, 2.75) is 88.9 Å². The van der Waals surface area contributed by atoms with Crippen molar-refractivity contribution in [1.29, 1.82) is 0 Å². The van der Waals surface area contributed by atoms with Crippen LogP contribution in [0.25, 0.3) is 44.5 Å². The van der Waals surface area contributed by atoms with Crippen LogP contribution in [-0.2, 0) is 29.7 Å². The van der Waals surface area contributed by atoms with E-state index in [2.05, 4.69) is 25.6 Å². The van der Waals surface area contributed by atoms with E-state index >= 15 is 8.78 Å². The largest absolute Gasteiger partial charge is 0.453 e. The summed E-state index contributed by atoms with van der Waals surface area (Å²) in [4.78, 5) is 72.1. The molecule has 17 heteroatoms. The second-order valence-corrected chi connectivity index (χ2v) is 17.8. The molecule has 3 fully saturated rings. The molecule has 9 rings (SSSR count). The van der Waals surface area contributed by atoms with Crippen LogP contribution in [0.15, 0.2) is 60.8 Å². The van der Waals surface area contributed by atoms with Crippen LogP contribution >= 0.6 is 0 Å². The molecule has 0 bridgehead atoms. The Morgan fingerprint density at radius 2 is 1.37 bits per heavy atom. The summed E-state index contributed by atoms with van der Waals surface area (Å²) < 4.78 is 48.4. The molecule has 65 heavy (non-hydrogen) atoms. The van der Waals surface area contributed by atoms with Gasteiger partial charge in [-0.2, -0.15) is 8.78 Å². The van der Waals surface area contributed by atoms with Gasteiger partial charge in [0.1, 0.15) is 23.7 Å². The zero-order chi connectivity index (χ0) is 45.6. The Kier molecular flexibility index (Phi) is 12.1. The Morgan fingerprint density at radius 1 is 0.754 bits per heavy atom. The van der Waals surface area contributed by atoms with Crippen molar-refractivity contribution in [2.75, 3.05) is 40.5 Å². The number of methoxy groups -OCH3 is 2. The third-order valence-electron chi connectivity index (χ3n) is 13.6. The molecule has 3 aromatic carbocycles. The van der Waals surface area contributed by atoms with Gasteiger partial charge in [0.15, 0.2) is 0 Å². The summed E-state index contributed by atoms with van der Waals surface area (Å²) in [6.45, 7) is 5.75. The number of imidazole rings is 2. The predicted octanol–water partition coefficient (Wildman–Crippen LogP) is 7.99. The molecule has 342 valence electrons. The lowest BCUT2D eigenvalue weighted by molar-refractivity contribution is -0.140. The minimum atomic E-state index is -3.29. The molecule has 0 saturated carbocycles. The number of nitrogens with zero attached hydrogens (tertiary/aromatic N) is 4. The molecule has 2 aromatic heterocycles. The van der Waals surface area contributed by atoms with Crippen molar-refractivity contribution in [3.8, 4) is 33.5 Å². The molecule has 5 aromatic rings. The second-order valence-electron chi connectivity index (χ2n) is 17.8. The van der Waals surface area contributed by atoms with E-state index in [0.29, 0.717) is 103 Å². The van der Waals surface area contributed by atoms with Gasteiger partial charge in [-0.25, -0.2) is 19.6 Å². The number of amides is 4. The van der Waals surface area contributed by atoms with Crippen LogP contribution < -0.4 is 10.6 Å². The number of halogens is 2. The number of benzene rings is 3. The van der Waals surface area contributed by atoms with Crippen molar-refractivity contribution in [1.82, 2.24) is 40.4 Å². The maximum Gasteiger partial charge on any atom is 0.407 e. The summed E-state index contributed by atoms with van der Waals surface area (Å²) >= 11 is 0. The van der Waals surface area contributed by atoms with Crippen LogP contribution in [0.1, 0.15) is 93.7 Å². The number of piperidine rings is 1. The molecular weight excluding hydrogens is 839 g/mol. The number of rotatable bonds is 10. The highest BCUT2D eigenvalue weighted by molar-refractivity contribution is 5.89. The maximum absolute atomic E-state index is 16.6. The fourth-order valence-electron chi connectivity index (χ4n) is 10.1. The number of aromatic nitrogens is 4. The summed E-state index contributed by atoms with van der Waals surface area (Å²) in [5, 5.41) is 5.46. The molecule has 4 N–H and O–H groups in total. The van der Waals surface area contributed by atoms with Crippen molar-refractivity contribution < 1.29 is 42.2 Å². The number of carbonyl (C=O) groups excluding carboxylic acids is 4. The highest BCUT2D eigenvalue weighted by atomic mass is 19.3. The Labute approximate surface area is 375 Å². The van der Waals surface area contributed by atoms with Crippen LogP contribution in [0, 0.1) is 11.8 Å². The Morgan fingerprint density at radius 3 is 2.09 bits per heavy atom. The number of hydrogen-bond donors (Lipinski definition) is 4. The minimum Gasteiger partial charge on any atom is -0.453 e. The van der Waals surface area contributed by atoms with Crippen molar-refractivity contribution >= 4 is 35.0 Å². The molecular formula is C48H54F2N8O7. The van der Waals surface area contributed by atoms with Gasteiger partial charge in [0.25, 0.3) is 5.92 Å². The Hall–Kier alpha value is -6.36. The highest BCUT2D eigenvalue weighted by Gasteiger charge is 2.45.